The quantitative estimate of drug-likeness (QED) is 0.266. The first-order valence-corrected chi connectivity index (χ1v) is 17.2. The Kier molecular flexibility index (Phi) is 10.1. The average molecular weight is 625 g/mol. The van der Waals surface area contributed by atoms with Crippen LogP contribution in [0.4, 0.5) is 0 Å². The Morgan fingerprint density at radius 2 is 1.87 bits per heavy atom. The van der Waals surface area contributed by atoms with Crippen LogP contribution in [0, 0.1) is 46.3 Å². The first-order chi connectivity index (χ1) is 21.4. The number of carbonyl (C=O) groups is 6. The van der Waals surface area contributed by atoms with E-state index in [0.717, 1.165) is 38.6 Å². The molecule has 2 N–H and O–H groups in total. The van der Waals surface area contributed by atoms with E-state index < -0.39 is 11.5 Å². The van der Waals surface area contributed by atoms with Crippen molar-refractivity contribution in [2.45, 2.75) is 103 Å². The van der Waals surface area contributed by atoms with Crippen molar-refractivity contribution in [3.63, 3.8) is 0 Å². The van der Waals surface area contributed by atoms with Gasteiger partial charge in [-0.3, -0.25) is 33.9 Å². The highest BCUT2D eigenvalue weighted by atomic mass is 16.2. The van der Waals surface area contributed by atoms with Crippen molar-refractivity contribution in [3.05, 3.63) is 0 Å². The van der Waals surface area contributed by atoms with Crippen LogP contribution in [-0.2, 0) is 28.8 Å². The molecule has 0 aromatic heterocycles. The summed E-state index contributed by atoms with van der Waals surface area (Å²) in [5.74, 6) is 0.773. The van der Waals surface area contributed by atoms with Gasteiger partial charge in [-0.1, -0.05) is 20.8 Å². The summed E-state index contributed by atoms with van der Waals surface area (Å²) in [5.41, 5.74) is -0.703. The van der Waals surface area contributed by atoms with Crippen molar-refractivity contribution in [1.82, 2.24) is 15.5 Å². The summed E-state index contributed by atoms with van der Waals surface area (Å²) in [7, 11) is 1.92. The molecule has 10 heteroatoms. The number of aliphatic imine (C=N–C) groups is 1. The Labute approximate surface area is 267 Å². The minimum Gasteiger partial charge on any atom is -0.354 e. The zero-order chi connectivity index (χ0) is 32.5. The predicted octanol–water partition coefficient (Wildman–Crippen LogP) is 2.95. The van der Waals surface area contributed by atoms with Gasteiger partial charge in [0.1, 0.15) is 23.6 Å². The maximum Gasteiger partial charge on any atom is 0.237 e. The number of nitrogens with one attached hydrogen (secondary N) is 2. The first-order valence-electron chi connectivity index (χ1n) is 17.2. The summed E-state index contributed by atoms with van der Waals surface area (Å²) >= 11 is 0. The molecule has 1 aliphatic heterocycles. The lowest BCUT2D eigenvalue weighted by molar-refractivity contribution is -0.166. The number of nitrogens with zero attached hydrogens (tertiary/aromatic N) is 2. The molecule has 5 fully saturated rings. The van der Waals surface area contributed by atoms with Crippen LogP contribution < -0.4 is 10.6 Å². The summed E-state index contributed by atoms with van der Waals surface area (Å²) in [5, 5.41) is 5.89. The second kappa shape index (κ2) is 13.5. The highest BCUT2D eigenvalue weighted by molar-refractivity contribution is 5.93. The summed E-state index contributed by atoms with van der Waals surface area (Å²) < 4.78 is 0. The van der Waals surface area contributed by atoms with E-state index in [9.17, 15) is 28.8 Å². The lowest BCUT2D eigenvalue weighted by Crippen LogP contribution is -2.60. The molecule has 1 saturated heterocycles. The Balaban J connectivity index is 1.18. The number of amides is 2. The molecule has 45 heavy (non-hydrogen) atoms. The molecule has 0 spiro atoms. The summed E-state index contributed by atoms with van der Waals surface area (Å²) in [4.78, 5) is 82.6. The lowest BCUT2D eigenvalue weighted by Gasteiger charge is -2.58. The van der Waals surface area contributed by atoms with Gasteiger partial charge >= 0.3 is 0 Å². The smallest absolute Gasteiger partial charge is 0.237 e. The number of likely N-dealkylation sites (N-methyl/N-ethyl adjacent to an activating group) is 1. The number of rotatable bonds is 11. The van der Waals surface area contributed by atoms with Gasteiger partial charge in [-0.15, -0.1) is 0 Å². The van der Waals surface area contributed by atoms with Crippen LogP contribution in [0.25, 0.3) is 0 Å². The first kappa shape index (κ1) is 33.6. The summed E-state index contributed by atoms with van der Waals surface area (Å²) in [6.07, 6.45) is 9.28. The fourth-order valence-corrected chi connectivity index (χ4v) is 10.2. The lowest BCUT2D eigenvalue weighted by atomic mass is 9.44. The van der Waals surface area contributed by atoms with E-state index in [0.29, 0.717) is 44.8 Å². The van der Waals surface area contributed by atoms with E-state index in [1.807, 2.05) is 11.9 Å². The minimum atomic E-state index is -0.571. The van der Waals surface area contributed by atoms with Crippen molar-refractivity contribution in [3.8, 4) is 0 Å². The second-order valence-electron chi connectivity index (χ2n) is 15.2. The number of carbonyl (C=O) groups excluding carboxylic acids is 6. The van der Waals surface area contributed by atoms with E-state index in [-0.39, 0.29) is 89.2 Å². The minimum absolute atomic E-state index is 0.00622. The van der Waals surface area contributed by atoms with E-state index in [1.54, 1.807) is 0 Å². The van der Waals surface area contributed by atoms with Crippen LogP contribution >= 0.6 is 0 Å². The Bertz CT molecular complexity index is 1230. The highest BCUT2D eigenvalue weighted by Gasteiger charge is 2.66. The SMILES string of the molecule is C[C@H](CCC(=O)NC[C@@H](C=NCC=O)NC(=O)C1CCCN1C)[C@H]1CCC2C3C(=O)CC4CC(=O)CC[C@]4(C)C3CC(=O)[C@@]21C. The van der Waals surface area contributed by atoms with Crippen molar-refractivity contribution in [1.29, 1.82) is 0 Å². The predicted molar refractivity (Wildman–Crippen MR) is 169 cm³/mol. The second-order valence-corrected chi connectivity index (χ2v) is 15.2. The molecule has 0 bridgehead atoms. The van der Waals surface area contributed by atoms with Crippen LogP contribution in [-0.4, -0.2) is 85.3 Å². The maximum absolute atomic E-state index is 14.1. The molecule has 1 heterocycles. The number of Topliss-reactive ketones (excluding diaryl/α,β-unsaturated/α-hetero) is 3. The molecular weight excluding hydrogens is 572 g/mol. The van der Waals surface area contributed by atoms with E-state index in [1.165, 1.54) is 6.21 Å². The van der Waals surface area contributed by atoms with Gasteiger partial charge in [-0.2, -0.15) is 0 Å². The standard InChI is InChI=1S/C35H52N4O6/c1-21(7-10-31(44)37-20-23(19-36-13-15-40)38-33(45)28-6-5-14-39(28)4)25-8-9-26-32-27(18-30(43)35(25,26)3)34(2)12-11-24(41)16-22(34)17-29(32)42/h15,19,21-23,25-28,32H,5-14,16-18,20H2,1-4H3,(H,37,44)(H,38,45)/t21-,22?,23-,25-,26?,27?,28?,32?,34+,35-/m1/s1. The molecule has 5 unspecified atom stereocenters. The fraction of sp³-hybridized carbons (Fsp3) is 0.800. The average Bonchev–Trinajstić information content (AvgIpc) is 3.59. The van der Waals surface area contributed by atoms with E-state index in [4.69, 9.17) is 0 Å². The Hall–Kier alpha value is -2.75. The van der Waals surface area contributed by atoms with Gasteiger partial charge in [0.2, 0.25) is 11.8 Å². The molecule has 5 aliphatic rings. The van der Waals surface area contributed by atoms with Crippen LogP contribution in [0.15, 0.2) is 4.99 Å². The molecule has 5 rings (SSSR count). The van der Waals surface area contributed by atoms with Crippen LogP contribution in [0.5, 0.6) is 0 Å². The van der Waals surface area contributed by atoms with Gasteiger partial charge in [0.25, 0.3) is 0 Å². The molecule has 10 atom stereocenters. The van der Waals surface area contributed by atoms with Crippen molar-refractivity contribution in [2.75, 3.05) is 26.7 Å². The van der Waals surface area contributed by atoms with Gasteiger partial charge in [0.05, 0.1) is 18.6 Å². The van der Waals surface area contributed by atoms with Gasteiger partial charge < -0.3 is 15.4 Å². The van der Waals surface area contributed by atoms with Crippen LogP contribution in [0.1, 0.15) is 91.4 Å². The number of hydrogen-bond donors (Lipinski definition) is 2. The maximum atomic E-state index is 14.1. The molecule has 4 aliphatic carbocycles. The molecule has 10 nitrogen and oxygen atoms in total. The molecule has 0 aromatic carbocycles. The van der Waals surface area contributed by atoms with Crippen molar-refractivity contribution >= 4 is 41.7 Å². The van der Waals surface area contributed by atoms with Gasteiger partial charge in [-0.25, -0.2) is 0 Å². The third kappa shape index (κ3) is 6.45. The third-order valence-corrected chi connectivity index (χ3v) is 12.9. The fourth-order valence-electron chi connectivity index (χ4n) is 10.2. The van der Waals surface area contributed by atoms with Crippen molar-refractivity contribution in [2.24, 2.45) is 51.3 Å². The van der Waals surface area contributed by atoms with Crippen molar-refractivity contribution < 1.29 is 28.8 Å². The number of likely N-dealkylation sites (tertiary alicyclic amines) is 1. The molecular formula is C35H52N4O6. The van der Waals surface area contributed by atoms with Gasteiger partial charge in [0, 0.05) is 56.2 Å². The zero-order valence-electron chi connectivity index (χ0n) is 27.5. The number of fused-ring (bicyclic) bond motifs is 5. The van der Waals surface area contributed by atoms with E-state index in [2.05, 4.69) is 36.4 Å². The zero-order valence-corrected chi connectivity index (χ0v) is 27.5. The Morgan fingerprint density at radius 3 is 2.58 bits per heavy atom. The molecule has 0 radical (unpaired) electrons. The summed E-state index contributed by atoms with van der Waals surface area (Å²) in [6.45, 7) is 7.48. The Morgan fingerprint density at radius 1 is 1.09 bits per heavy atom. The van der Waals surface area contributed by atoms with Gasteiger partial charge in [0.15, 0.2) is 0 Å². The number of aldehydes is 1. The molecule has 248 valence electrons. The molecule has 0 aromatic rings. The van der Waals surface area contributed by atoms with Crippen LogP contribution in [0.3, 0.4) is 0 Å². The number of ketones is 3. The normalized spacial score (nSPS) is 37.9. The highest BCUT2D eigenvalue weighted by Crippen LogP contribution is 2.66. The summed E-state index contributed by atoms with van der Waals surface area (Å²) in [6, 6.07) is -0.732. The number of hydrogen-bond acceptors (Lipinski definition) is 8. The molecule has 4 saturated carbocycles. The van der Waals surface area contributed by atoms with Gasteiger partial charge in [-0.05, 0) is 87.1 Å². The topological polar surface area (TPSA) is 142 Å². The molecule has 2 amide bonds. The van der Waals surface area contributed by atoms with E-state index >= 15 is 0 Å². The van der Waals surface area contributed by atoms with Crippen LogP contribution in [0.2, 0.25) is 0 Å². The monoisotopic (exact) mass is 624 g/mol. The largest absolute Gasteiger partial charge is 0.354 e. The third-order valence-electron chi connectivity index (χ3n) is 12.9.